The first-order chi connectivity index (χ1) is 14.7. The van der Waals surface area contributed by atoms with Crippen molar-refractivity contribution in [1.82, 2.24) is 5.32 Å². The molecule has 3 aromatic carbocycles. The maximum Gasteiger partial charge on any atom is 0.262 e. The van der Waals surface area contributed by atoms with E-state index in [9.17, 15) is 17.6 Å². The highest BCUT2D eigenvalue weighted by Gasteiger charge is 2.20. The molecular weight excluding hydrogens is 415 g/mol. The molecule has 0 bridgehead atoms. The molecule has 0 saturated carbocycles. The van der Waals surface area contributed by atoms with Crippen molar-refractivity contribution in [2.24, 2.45) is 0 Å². The van der Waals surface area contributed by atoms with E-state index in [4.69, 9.17) is 0 Å². The van der Waals surface area contributed by atoms with E-state index in [2.05, 4.69) is 10.0 Å². The average molecular weight is 441 g/mol. The number of para-hydroxylation sites is 1. The maximum atomic E-state index is 13.8. The van der Waals surface area contributed by atoms with E-state index >= 15 is 0 Å². The predicted octanol–water partition coefficient (Wildman–Crippen LogP) is 5.12. The Morgan fingerprint density at radius 2 is 1.71 bits per heavy atom. The van der Waals surface area contributed by atoms with E-state index < -0.39 is 15.8 Å². The number of halogens is 1. The molecular formula is C24H25FN2O3S. The van der Waals surface area contributed by atoms with Crippen LogP contribution in [0.2, 0.25) is 0 Å². The van der Waals surface area contributed by atoms with Crippen molar-refractivity contribution >= 4 is 21.6 Å². The summed E-state index contributed by atoms with van der Waals surface area (Å²) >= 11 is 0. The standard InChI is InChI=1S/C24H25FN2O3S/c1-4-22(18-13-12-16(2)17(3)14-18)26-24(28)19-8-7-9-20(15-19)31(29,30)27-23-11-6-5-10-21(23)25/h5-15,22,27H,4H2,1-3H3,(H,26,28). The zero-order chi connectivity index (χ0) is 22.6. The molecule has 0 spiro atoms. The van der Waals surface area contributed by atoms with Gasteiger partial charge in [-0.1, -0.05) is 43.3 Å². The molecule has 0 saturated heterocycles. The Morgan fingerprint density at radius 1 is 0.968 bits per heavy atom. The summed E-state index contributed by atoms with van der Waals surface area (Å²) in [5.74, 6) is -1.06. The molecule has 0 aliphatic heterocycles. The molecule has 2 N–H and O–H groups in total. The van der Waals surface area contributed by atoms with E-state index in [-0.39, 0.29) is 28.1 Å². The number of rotatable bonds is 7. The molecule has 7 heteroatoms. The van der Waals surface area contributed by atoms with Crippen LogP contribution in [0.3, 0.4) is 0 Å². The fourth-order valence-electron chi connectivity index (χ4n) is 3.20. The minimum absolute atomic E-state index is 0.123. The number of carbonyl (C=O) groups excluding carboxylic acids is 1. The fraction of sp³-hybridized carbons (Fsp3) is 0.208. The van der Waals surface area contributed by atoms with Gasteiger partial charge in [0.2, 0.25) is 0 Å². The molecule has 0 heterocycles. The van der Waals surface area contributed by atoms with Crippen LogP contribution < -0.4 is 10.0 Å². The van der Waals surface area contributed by atoms with Crippen LogP contribution in [0.5, 0.6) is 0 Å². The summed E-state index contributed by atoms with van der Waals surface area (Å²) in [4.78, 5) is 12.7. The highest BCUT2D eigenvalue weighted by atomic mass is 32.2. The third-order valence-corrected chi connectivity index (χ3v) is 6.53. The molecule has 0 aromatic heterocycles. The lowest BCUT2D eigenvalue weighted by Crippen LogP contribution is -2.28. The number of amides is 1. The van der Waals surface area contributed by atoms with E-state index in [0.29, 0.717) is 6.42 Å². The van der Waals surface area contributed by atoms with Crippen LogP contribution >= 0.6 is 0 Å². The highest BCUT2D eigenvalue weighted by Crippen LogP contribution is 2.22. The number of nitrogens with one attached hydrogen (secondary N) is 2. The SMILES string of the molecule is CCC(NC(=O)c1cccc(S(=O)(=O)Nc2ccccc2F)c1)c1ccc(C)c(C)c1. The van der Waals surface area contributed by atoms with Crippen LogP contribution in [0.15, 0.2) is 71.6 Å². The fourth-order valence-corrected chi connectivity index (χ4v) is 4.31. The lowest BCUT2D eigenvalue weighted by atomic mass is 9.99. The zero-order valence-electron chi connectivity index (χ0n) is 17.6. The second kappa shape index (κ2) is 9.31. The lowest BCUT2D eigenvalue weighted by molar-refractivity contribution is 0.0935. The Bertz CT molecular complexity index is 1210. The average Bonchev–Trinajstić information content (AvgIpc) is 2.75. The summed E-state index contributed by atoms with van der Waals surface area (Å²) in [5, 5.41) is 2.97. The minimum atomic E-state index is -4.06. The van der Waals surface area contributed by atoms with Crippen LogP contribution in [0, 0.1) is 19.7 Å². The van der Waals surface area contributed by atoms with Crippen molar-refractivity contribution in [2.75, 3.05) is 4.72 Å². The molecule has 1 atom stereocenters. The lowest BCUT2D eigenvalue weighted by Gasteiger charge is -2.19. The molecule has 3 rings (SSSR count). The molecule has 0 aliphatic carbocycles. The molecule has 3 aromatic rings. The summed E-state index contributed by atoms with van der Waals surface area (Å²) in [7, 11) is -4.06. The number of anilines is 1. The van der Waals surface area contributed by atoms with Crippen molar-refractivity contribution in [3.63, 3.8) is 0 Å². The Morgan fingerprint density at radius 3 is 2.39 bits per heavy atom. The smallest absolute Gasteiger partial charge is 0.262 e. The Labute approximate surface area is 182 Å². The number of hydrogen-bond donors (Lipinski definition) is 2. The largest absolute Gasteiger partial charge is 0.345 e. The summed E-state index contributed by atoms with van der Waals surface area (Å²) < 4.78 is 41.4. The van der Waals surface area contributed by atoms with Gasteiger partial charge in [-0.2, -0.15) is 0 Å². The van der Waals surface area contributed by atoms with Gasteiger partial charge < -0.3 is 5.32 Å². The third-order valence-electron chi connectivity index (χ3n) is 5.17. The van der Waals surface area contributed by atoms with Gasteiger partial charge in [0.05, 0.1) is 16.6 Å². The van der Waals surface area contributed by atoms with Gasteiger partial charge in [-0.3, -0.25) is 9.52 Å². The predicted molar refractivity (Wildman–Crippen MR) is 120 cm³/mol. The van der Waals surface area contributed by atoms with Crippen LogP contribution in [-0.4, -0.2) is 14.3 Å². The zero-order valence-corrected chi connectivity index (χ0v) is 18.5. The van der Waals surface area contributed by atoms with Gasteiger partial charge in [-0.05, 0) is 67.3 Å². The van der Waals surface area contributed by atoms with Gasteiger partial charge in [0, 0.05) is 5.56 Å². The van der Waals surface area contributed by atoms with Crippen LogP contribution in [0.25, 0.3) is 0 Å². The van der Waals surface area contributed by atoms with Crippen LogP contribution in [0.4, 0.5) is 10.1 Å². The molecule has 5 nitrogen and oxygen atoms in total. The third kappa shape index (κ3) is 5.30. The summed E-state index contributed by atoms with van der Waals surface area (Å²) in [6, 6.07) is 17.0. The molecule has 162 valence electrons. The summed E-state index contributed by atoms with van der Waals surface area (Å²) in [5.41, 5.74) is 3.35. The van der Waals surface area contributed by atoms with E-state index in [1.807, 2.05) is 39.0 Å². The number of aryl methyl sites for hydroxylation is 2. The first kappa shape index (κ1) is 22.5. The van der Waals surface area contributed by atoms with E-state index in [1.165, 1.54) is 48.0 Å². The maximum absolute atomic E-state index is 13.8. The quantitative estimate of drug-likeness (QED) is 0.535. The molecule has 1 amide bonds. The van der Waals surface area contributed by atoms with Crippen LogP contribution in [-0.2, 0) is 10.0 Å². The topological polar surface area (TPSA) is 75.3 Å². The second-order valence-electron chi connectivity index (χ2n) is 7.39. The number of benzene rings is 3. The molecule has 31 heavy (non-hydrogen) atoms. The molecule has 0 fully saturated rings. The van der Waals surface area contributed by atoms with Gasteiger partial charge in [-0.25, -0.2) is 12.8 Å². The van der Waals surface area contributed by atoms with Crippen molar-refractivity contribution in [1.29, 1.82) is 0 Å². The normalized spacial score (nSPS) is 12.3. The van der Waals surface area contributed by atoms with Crippen molar-refractivity contribution in [3.05, 3.63) is 94.8 Å². The van der Waals surface area contributed by atoms with Crippen molar-refractivity contribution in [3.8, 4) is 0 Å². The van der Waals surface area contributed by atoms with Crippen molar-refractivity contribution in [2.45, 2.75) is 38.1 Å². The van der Waals surface area contributed by atoms with Gasteiger partial charge in [-0.15, -0.1) is 0 Å². The monoisotopic (exact) mass is 440 g/mol. The summed E-state index contributed by atoms with van der Waals surface area (Å²) in [6.07, 6.45) is 0.682. The highest BCUT2D eigenvalue weighted by molar-refractivity contribution is 7.92. The first-order valence-electron chi connectivity index (χ1n) is 9.96. The first-order valence-corrected chi connectivity index (χ1v) is 11.4. The minimum Gasteiger partial charge on any atom is -0.345 e. The molecule has 1 unspecified atom stereocenters. The summed E-state index contributed by atoms with van der Waals surface area (Å²) in [6.45, 7) is 6.02. The van der Waals surface area contributed by atoms with E-state index in [0.717, 1.165) is 11.1 Å². The molecule has 0 radical (unpaired) electrons. The molecule has 0 aliphatic rings. The Balaban J connectivity index is 1.82. The van der Waals surface area contributed by atoms with Gasteiger partial charge >= 0.3 is 0 Å². The second-order valence-corrected chi connectivity index (χ2v) is 9.07. The van der Waals surface area contributed by atoms with Gasteiger partial charge in [0.15, 0.2) is 0 Å². The van der Waals surface area contributed by atoms with Crippen LogP contribution in [0.1, 0.15) is 46.4 Å². The Kier molecular flexibility index (Phi) is 6.75. The Hall–Kier alpha value is -3.19. The number of carbonyl (C=O) groups is 1. The van der Waals surface area contributed by atoms with E-state index in [1.54, 1.807) is 6.07 Å². The van der Waals surface area contributed by atoms with Gasteiger partial charge in [0.1, 0.15) is 5.82 Å². The number of sulfonamides is 1. The van der Waals surface area contributed by atoms with Crippen molar-refractivity contribution < 1.29 is 17.6 Å². The van der Waals surface area contributed by atoms with Gasteiger partial charge in [0.25, 0.3) is 15.9 Å². The number of hydrogen-bond acceptors (Lipinski definition) is 3.